The van der Waals surface area contributed by atoms with Crippen LogP contribution in [0.15, 0.2) is 53.0 Å². The molecule has 162 valence electrons. The minimum absolute atomic E-state index is 0.159. The van der Waals surface area contributed by atoms with Crippen LogP contribution in [0, 0.1) is 5.92 Å². The van der Waals surface area contributed by atoms with Crippen molar-refractivity contribution >= 4 is 27.7 Å². The Hall–Kier alpha value is -2.54. The Balaban J connectivity index is 2.14. The van der Waals surface area contributed by atoms with Crippen LogP contribution < -0.4 is 14.8 Å². The van der Waals surface area contributed by atoms with Gasteiger partial charge in [0.05, 0.1) is 7.11 Å². The number of ether oxygens (including phenoxy) is 2. The summed E-state index contributed by atoms with van der Waals surface area (Å²) >= 11 is 3.37. The number of carbonyl (C=O) groups is 2. The number of nitrogens with one attached hydrogen (secondary N) is 1. The fraction of sp³-hybridized carbons (Fsp3) is 0.391. The van der Waals surface area contributed by atoms with Gasteiger partial charge in [-0.1, -0.05) is 41.9 Å². The second-order valence-corrected chi connectivity index (χ2v) is 8.35. The third kappa shape index (κ3) is 7.37. The largest absolute Gasteiger partial charge is 0.497 e. The van der Waals surface area contributed by atoms with Crippen LogP contribution in [0.3, 0.4) is 0 Å². The van der Waals surface area contributed by atoms with Crippen molar-refractivity contribution in [3.8, 4) is 11.5 Å². The summed E-state index contributed by atoms with van der Waals surface area (Å²) < 4.78 is 11.8. The number of halogens is 1. The maximum Gasteiger partial charge on any atom is 0.261 e. The lowest BCUT2D eigenvalue weighted by Gasteiger charge is -2.29. The van der Waals surface area contributed by atoms with Crippen LogP contribution in [-0.4, -0.2) is 43.0 Å². The van der Waals surface area contributed by atoms with E-state index < -0.39 is 6.04 Å². The number of carbonyl (C=O) groups excluding carboxylic acids is 2. The highest BCUT2D eigenvalue weighted by Gasteiger charge is 2.26. The van der Waals surface area contributed by atoms with Crippen molar-refractivity contribution < 1.29 is 19.1 Å². The van der Waals surface area contributed by atoms with E-state index in [1.54, 1.807) is 26.2 Å². The lowest BCUT2D eigenvalue weighted by molar-refractivity contribution is -0.142. The second kappa shape index (κ2) is 11.6. The maximum absolute atomic E-state index is 13.0. The molecule has 1 N–H and O–H groups in total. The summed E-state index contributed by atoms with van der Waals surface area (Å²) in [6.07, 6.45) is 0. The summed E-state index contributed by atoms with van der Waals surface area (Å²) in [5, 5.41) is 2.90. The van der Waals surface area contributed by atoms with Crippen LogP contribution in [-0.2, 0) is 16.1 Å². The first-order chi connectivity index (χ1) is 14.3. The minimum atomic E-state index is -0.643. The summed E-state index contributed by atoms with van der Waals surface area (Å²) in [6.45, 7) is 6.45. The van der Waals surface area contributed by atoms with Gasteiger partial charge in [0.1, 0.15) is 17.5 Å². The molecule has 0 aromatic heterocycles. The smallest absolute Gasteiger partial charge is 0.261 e. The molecule has 0 spiro atoms. The van der Waals surface area contributed by atoms with E-state index in [9.17, 15) is 9.59 Å². The predicted octanol–water partition coefficient (Wildman–Crippen LogP) is 4.03. The highest BCUT2D eigenvalue weighted by atomic mass is 79.9. The van der Waals surface area contributed by atoms with E-state index in [-0.39, 0.29) is 25.0 Å². The zero-order valence-electron chi connectivity index (χ0n) is 17.9. The SMILES string of the molecule is COc1cccc(CN(C(=O)COc2ccc(Br)cc2)[C@@H](C)C(=O)NCC(C)C)c1. The van der Waals surface area contributed by atoms with Crippen molar-refractivity contribution in [3.05, 3.63) is 58.6 Å². The molecular weight excluding hydrogens is 448 g/mol. The number of nitrogens with zero attached hydrogens (tertiary/aromatic N) is 1. The van der Waals surface area contributed by atoms with Gasteiger partial charge < -0.3 is 19.7 Å². The average molecular weight is 477 g/mol. The van der Waals surface area contributed by atoms with Crippen LogP contribution in [0.4, 0.5) is 0 Å². The van der Waals surface area contributed by atoms with Crippen molar-refractivity contribution in [2.24, 2.45) is 5.92 Å². The molecule has 0 heterocycles. The van der Waals surface area contributed by atoms with Crippen molar-refractivity contribution in [2.75, 3.05) is 20.3 Å². The molecule has 6 nitrogen and oxygen atoms in total. The third-order valence-electron chi connectivity index (χ3n) is 4.51. The first-order valence-corrected chi connectivity index (χ1v) is 10.7. The molecule has 0 unspecified atom stereocenters. The monoisotopic (exact) mass is 476 g/mol. The van der Waals surface area contributed by atoms with E-state index >= 15 is 0 Å². The summed E-state index contributed by atoms with van der Waals surface area (Å²) in [6, 6.07) is 14.1. The first kappa shape index (κ1) is 23.7. The molecule has 0 aliphatic rings. The van der Waals surface area contributed by atoms with Gasteiger partial charge >= 0.3 is 0 Å². The highest BCUT2D eigenvalue weighted by molar-refractivity contribution is 9.10. The molecule has 2 amide bonds. The molecule has 2 aromatic carbocycles. The zero-order chi connectivity index (χ0) is 22.1. The topological polar surface area (TPSA) is 67.9 Å². The van der Waals surface area contributed by atoms with Crippen LogP contribution in [0.25, 0.3) is 0 Å². The highest BCUT2D eigenvalue weighted by Crippen LogP contribution is 2.18. The van der Waals surface area contributed by atoms with Crippen molar-refractivity contribution in [3.63, 3.8) is 0 Å². The van der Waals surface area contributed by atoms with E-state index in [2.05, 4.69) is 21.2 Å². The molecule has 7 heteroatoms. The van der Waals surface area contributed by atoms with Crippen molar-refractivity contribution in [1.29, 1.82) is 0 Å². The quantitative estimate of drug-likeness (QED) is 0.561. The molecule has 0 aliphatic carbocycles. The Morgan fingerprint density at radius 2 is 1.77 bits per heavy atom. The fourth-order valence-electron chi connectivity index (χ4n) is 2.76. The van der Waals surface area contributed by atoms with Gasteiger partial charge in [-0.15, -0.1) is 0 Å². The Morgan fingerprint density at radius 1 is 1.07 bits per heavy atom. The summed E-state index contributed by atoms with van der Waals surface area (Å²) in [4.78, 5) is 27.2. The Kier molecular flexibility index (Phi) is 9.17. The number of hydrogen-bond donors (Lipinski definition) is 1. The van der Waals surface area contributed by atoms with Gasteiger partial charge in [0, 0.05) is 17.6 Å². The molecule has 0 saturated heterocycles. The summed E-state index contributed by atoms with van der Waals surface area (Å²) in [7, 11) is 1.59. The molecule has 0 bridgehead atoms. The van der Waals surface area contributed by atoms with E-state index in [0.717, 1.165) is 10.0 Å². The van der Waals surface area contributed by atoms with Crippen LogP contribution in [0.5, 0.6) is 11.5 Å². The van der Waals surface area contributed by atoms with E-state index in [1.165, 1.54) is 4.90 Å². The van der Waals surface area contributed by atoms with E-state index in [1.807, 2.05) is 50.2 Å². The molecular formula is C23H29BrN2O4. The second-order valence-electron chi connectivity index (χ2n) is 7.43. The minimum Gasteiger partial charge on any atom is -0.497 e. The molecule has 30 heavy (non-hydrogen) atoms. The van der Waals surface area contributed by atoms with E-state index in [4.69, 9.17) is 9.47 Å². The molecule has 2 aromatic rings. The van der Waals surface area contributed by atoms with Gasteiger partial charge in [-0.05, 0) is 54.8 Å². The van der Waals surface area contributed by atoms with Gasteiger partial charge in [-0.3, -0.25) is 9.59 Å². The van der Waals surface area contributed by atoms with E-state index in [0.29, 0.717) is 24.0 Å². The van der Waals surface area contributed by atoms with Gasteiger partial charge in [0.25, 0.3) is 5.91 Å². The molecule has 0 fully saturated rings. The lowest BCUT2D eigenvalue weighted by atomic mass is 10.1. The standard InChI is InChI=1S/C23H29BrN2O4/c1-16(2)13-25-23(28)17(3)26(14-18-6-5-7-21(12-18)29-4)22(27)15-30-20-10-8-19(24)9-11-20/h5-12,16-17H,13-15H2,1-4H3,(H,25,28)/t17-/m0/s1. The number of hydrogen-bond acceptors (Lipinski definition) is 4. The average Bonchev–Trinajstić information content (AvgIpc) is 2.74. The molecule has 0 saturated carbocycles. The van der Waals surface area contributed by atoms with Crippen LogP contribution >= 0.6 is 15.9 Å². The molecule has 1 atom stereocenters. The molecule has 2 rings (SSSR count). The van der Waals surface area contributed by atoms with Crippen LogP contribution in [0.1, 0.15) is 26.3 Å². The van der Waals surface area contributed by atoms with Gasteiger partial charge in [-0.2, -0.15) is 0 Å². The number of rotatable bonds is 10. The number of amides is 2. The first-order valence-electron chi connectivity index (χ1n) is 9.88. The van der Waals surface area contributed by atoms with Gasteiger partial charge in [0.2, 0.25) is 5.91 Å². The van der Waals surface area contributed by atoms with Gasteiger partial charge in [-0.25, -0.2) is 0 Å². The third-order valence-corrected chi connectivity index (χ3v) is 5.04. The normalized spacial score (nSPS) is 11.7. The number of methoxy groups -OCH3 is 1. The Labute approximate surface area is 186 Å². The molecule has 0 radical (unpaired) electrons. The van der Waals surface area contributed by atoms with Gasteiger partial charge in [0.15, 0.2) is 6.61 Å². The Bertz CT molecular complexity index is 839. The summed E-state index contributed by atoms with van der Waals surface area (Å²) in [5.41, 5.74) is 0.870. The lowest BCUT2D eigenvalue weighted by Crippen LogP contribution is -2.49. The van der Waals surface area contributed by atoms with Crippen molar-refractivity contribution in [1.82, 2.24) is 10.2 Å². The molecule has 0 aliphatic heterocycles. The van der Waals surface area contributed by atoms with Crippen LogP contribution in [0.2, 0.25) is 0 Å². The zero-order valence-corrected chi connectivity index (χ0v) is 19.4. The van der Waals surface area contributed by atoms with Crippen molar-refractivity contribution in [2.45, 2.75) is 33.4 Å². The fourth-order valence-corrected chi connectivity index (χ4v) is 3.03. The summed E-state index contributed by atoms with van der Waals surface area (Å²) in [5.74, 6) is 1.15. The predicted molar refractivity (Wildman–Crippen MR) is 120 cm³/mol. The number of benzene rings is 2. The Morgan fingerprint density at radius 3 is 2.40 bits per heavy atom. The maximum atomic E-state index is 13.0.